The van der Waals surface area contributed by atoms with Gasteiger partial charge >= 0.3 is 5.97 Å². The monoisotopic (exact) mass is 396 g/mol. The number of aliphatic carboxylic acids is 1. The van der Waals surface area contributed by atoms with Crippen molar-refractivity contribution in [1.82, 2.24) is 9.80 Å². The highest BCUT2D eigenvalue weighted by molar-refractivity contribution is 5.80. The van der Waals surface area contributed by atoms with E-state index in [1.807, 2.05) is 61.5 Å². The van der Waals surface area contributed by atoms with Gasteiger partial charge in [-0.3, -0.25) is 14.5 Å². The van der Waals surface area contributed by atoms with Crippen LogP contribution in [0.25, 0.3) is 0 Å². The van der Waals surface area contributed by atoms with Gasteiger partial charge in [0, 0.05) is 13.1 Å². The molecule has 1 amide bonds. The highest BCUT2D eigenvalue weighted by Gasteiger charge is 2.32. The molecule has 0 bridgehead atoms. The number of likely N-dealkylation sites (tertiary alicyclic amines) is 1. The summed E-state index contributed by atoms with van der Waals surface area (Å²) in [6.45, 7) is 4.35. The smallest absolute Gasteiger partial charge is 0.320 e. The van der Waals surface area contributed by atoms with Crippen molar-refractivity contribution >= 4 is 11.9 Å². The van der Waals surface area contributed by atoms with Crippen LogP contribution in [0.4, 0.5) is 0 Å². The van der Waals surface area contributed by atoms with Crippen molar-refractivity contribution < 1.29 is 19.4 Å². The summed E-state index contributed by atoms with van der Waals surface area (Å²) in [7, 11) is 0. The minimum atomic E-state index is -0.843. The lowest BCUT2D eigenvalue weighted by Crippen LogP contribution is -2.44. The van der Waals surface area contributed by atoms with Crippen LogP contribution in [0.15, 0.2) is 54.6 Å². The molecule has 0 aromatic heterocycles. The Hall–Kier alpha value is -2.86. The number of amides is 1. The predicted octanol–water partition coefficient (Wildman–Crippen LogP) is 3.16. The molecule has 6 nitrogen and oxygen atoms in total. The molecule has 1 heterocycles. The zero-order chi connectivity index (χ0) is 20.6. The molecule has 6 heteroatoms. The van der Waals surface area contributed by atoms with Crippen molar-refractivity contribution in [3.05, 3.63) is 65.7 Å². The lowest BCUT2D eigenvalue weighted by Gasteiger charge is -2.26. The molecule has 1 atom stereocenters. The zero-order valence-electron chi connectivity index (χ0n) is 16.8. The van der Waals surface area contributed by atoms with Crippen LogP contribution < -0.4 is 4.74 Å². The Morgan fingerprint density at radius 3 is 2.48 bits per heavy atom. The molecule has 1 fully saturated rings. The minimum Gasteiger partial charge on any atom is -0.489 e. The maximum atomic E-state index is 12.7. The van der Waals surface area contributed by atoms with Gasteiger partial charge in [0.05, 0.1) is 6.54 Å². The van der Waals surface area contributed by atoms with Crippen molar-refractivity contribution in [2.75, 3.05) is 19.6 Å². The quantitative estimate of drug-likeness (QED) is 0.705. The van der Waals surface area contributed by atoms with Crippen molar-refractivity contribution in [3.63, 3.8) is 0 Å². The van der Waals surface area contributed by atoms with Gasteiger partial charge < -0.3 is 14.7 Å². The standard InChI is InChI=1S/C23H28N2O4/c1-2-24(22(26)16-25-14-6-9-21(25)23(27)28)15-18-10-12-20(13-11-18)29-17-19-7-4-3-5-8-19/h3-5,7-8,10-13,21H,2,6,9,14-17H2,1H3,(H,27,28)/t21-/m0/s1. The summed E-state index contributed by atoms with van der Waals surface area (Å²) in [5.41, 5.74) is 2.13. The number of carboxylic acid groups (broad SMARTS) is 1. The summed E-state index contributed by atoms with van der Waals surface area (Å²) in [4.78, 5) is 27.5. The largest absolute Gasteiger partial charge is 0.489 e. The summed E-state index contributed by atoms with van der Waals surface area (Å²) < 4.78 is 5.81. The first-order valence-electron chi connectivity index (χ1n) is 10.1. The maximum absolute atomic E-state index is 12.7. The molecule has 1 aliphatic rings. The van der Waals surface area contributed by atoms with Crippen LogP contribution in [0, 0.1) is 0 Å². The first-order chi connectivity index (χ1) is 14.1. The van der Waals surface area contributed by atoms with Crippen molar-refractivity contribution in [1.29, 1.82) is 0 Å². The molecule has 1 N–H and O–H groups in total. The number of rotatable bonds is 9. The van der Waals surface area contributed by atoms with Crippen LogP contribution in [-0.4, -0.2) is 52.5 Å². The molecule has 2 aromatic rings. The molecule has 0 spiro atoms. The third kappa shape index (κ3) is 5.81. The Morgan fingerprint density at radius 2 is 1.83 bits per heavy atom. The third-order valence-electron chi connectivity index (χ3n) is 5.27. The van der Waals surface area contributed by atoms with Crippen molar-refractivity contribution in [2.45, 2.75) is 39.0 Å². The van der Waals surface area contributed by atoms with Crippen molar-refractivity contribution in [3.8, 4) is 5.75 Å². The lowest BCUT2D eigenvalue weighted by molar-refractivity contribution is -0.143. The first kappa shape index (κ1) is 20.9. The van der Waals surface area contributed by atoms with Gasteiger partial charge in [0.2, 0.25) is 5.91 Å². The maximum Gasteiger partial charge on any atom is 0.320 e. The molecule has 0 radical (unpaired) electrons. The summed E-state index contributed by atoms with van der Waals surface area (Å²) in [5.74, 6) is -0.0946. The number of hydrogen-bond acceptors (Lipinski definition) is 4. The molecule has 0 aliphatic carbocycles. The van der Waals surface area contributed by atoms with Crippen LogP contribution in [0.5, 0.6) is 5.75 Å². The molecule has 1 saturated heterocycles. The van der Waals surface area contributed by atoms with E-state index in [4.69, 9.17) is 4.74 Å². The fourth-order valence-electron chi connectivity index (χ4n) is 3.60. The number of hydrogen-bond donors (Lipinski definition) is 1. The average Bonchev–Trinajstić information content (AvgIpc) is 3.20. The molecule has 2 aromatic carbocycles. The minimum absolute atomic E-state index is 0.0370. The molecular formula is C23H28N2O4. The van der Waals surface area contributed by atoms with Crippen LogP contribution in [0.2, 0.25) is 0 Å². The van der Waals surface area contributed by atoms with Crippen LogP contribution in [0.3, 0.4) is 0 Å². The van der Waals surface area contributed by atoms with E-state index in [-0.39, 0.29) is 12.5 Å². The summed E-state index contributed by atoms with van der Waals surface area (Å²) >= 11 is 0. The average molecular weight is 396 g/mol. The Bertz CT molecular complexity index is 807. The van der Waals surface area contributed by atoms with Gasteiger partial charge in [0.15, 0.2) is 0 Å². The molecule has 3 rings (SSSR count). The molecule has 1 aliphatic heterocycles. The van der Waals surface area contributed by atoms with E-state index in [0.717, 1.165) is 23.3 Å². The van der Waals surface area contributed by atoms with E-state index in [1.54, 1.807) is 9.80 Å². The van der Waals surface area contributed by atoms with E-state index < -0.39 is 12.0 Å². The predicted molar refractivity (Wildman–Crippen MR) is 111 cm³/mol. The van der Waals surface area contributed by atoms with Gasteiger partial charge in [-0.15, -0.1) is 0 Å². The number of benzene rings is 2. The molecular weight excluding hydrogens is 368 g/mol. The van der Waals surface area contributed by atoms with Gasteiger partial charge in [-0.2, -0.15) is 0 Å². The number of carbonyl (C=O) groups is 2. The number of nitrogens with zero attached hydrogens (tertiary/aromatic N) is 2. The van der Waals surface area contributed by atoms with E-state index in [1.165, 1.54) is 0 Å². The van der Waals surface area contributed by atoms with Gasteiger partial charge in [0.1, 0.15) is 18.4 Å². The Balaban J connectivity index is 1.53. The van der Waals surface area contributed by atoms with E-state index in [0.29, 0.717) is 32.7 Å². The second-order valence-electron chi connectivity index (χ2n) is 7.29. The van der Waals surface area contributed by atoms with Crippen molar-refractivity contribution in [2.24, 2.45) is 0 Å². The SMILES string of the molecule is CCN(Cc1ccc(OCc2ccccc2)cc1)C(=O)CN1CCC[C@H]1C(=O)O. The number of likely N-dealkylation sites (N-methyl/N-ethyl adjacent to an activating group) is 1. The van der Waals surface area contributed by atoms with Crippen LogP contribution in [-0.2, 0) is 22.7 Å². The highest BCUT2D eigenvalue weighted by Crippen LogP contribution is 2.19. The van der Waals surface area contributed by atoms with E-state index >= 15 is 0 Å². The number of ether oxygens (including phenoxy) is 1. The number of carboxylic acids is 1. The summed E-state index contributed by atoms with van der Waals surface area (Å²) in [6.07, 6.45) is 1.43. The summed E-state index contributed by atoms with van der Waals surface area (Å²) in [6, 6.07) is 17.2. The van der Waals surface area contributed by atoms with Gasteiger partial charge in [0.25, 0.3) is 0 Å². The fraction of sp³-hybridized carbons (Fsp3) is 0.391. The fourth-order valence-corrected chi connectivity index (χ4v) is 3.60. The normalized spacial score (nSPS) is 16.5. The van der Waals surface area contributed by atoms with E-state index in [9.17, 15) is 14.7 Å². The number of carbonyl (C=O) groups excluding carboxylic acids is 1. The van der Waals surface area contributed by atoms with Gasteiger partial charge in [-0.05, 0) is 49.6 Å². The topological polar surface area (TPSA) is 70.1 Å². The highest BCUT2D eigenvalue weighted by atomic mass is 16.5. The lowest BCUT2D eigenvalue weighted by atomic mass is 10.2. The Kier molecular flexibility index (Phi) is 7.25. The third-order valence-corrected chi connectivity index (χ3v) is 5.27. The second kappa shape index (κ2) is 10.1. The van der Waals surface area contributed by atoms with E-state index in [2.05, 4.69) is 0 Å². The summed E-state index contributed by atoms with van der Waals surface area (Å²) in [5, 5.41) is 9.29. The van der Waals surface area contributed by atoms with Gasteiger partial charge in [-0.25, -0.2) is 0 Å². The van der Waals surface area contributed by atoms with Gasteiger partial charge in [-0.1, -0.05) is 42.5 Å². The first-order valence-corrected chi connectivity index (χ1v) is 10.1. The Labute approximate surface area is 171 Å². The second-order valence-corrected chi connectivity index (χ2v) is 7.29. The molecule has 0 saturated carbocycles. The molecule has 0 unspecified atom stereocenters. The van der Waals surface area contributed by atoms with Crippen LogP contribution in [0.1, 0.15) is 30.9 Å². The van der Waals surface area contributed by atoms with Crippen LogP contribution >= 0.6 is 0 Å². The zero-order valence-corrected chi connectivity index (χ0v) is 16.8. The molecule has 154 valence electrons. The molecule has 29 heavy (non-hydrogen) atoms. The Morgan fingerprint density at radius 1 is 1.10 bits per heavy atom.